The van der Waals surface area contributed by atoms with Crippen LogP contribution in [0.25, 0.3) is 0 Å². The van der Waals surface area contributed by atoms with Crippen LogP contribution in [0.4, 0.5) is 0 Å². The molecule has 0 radical (unpaired) electrons. The standard InChI is InChI=1S/C19H30O4S2/c1-4-6-12-24(21)15-18(25(22)13-7-5-2)14-23-19(20)17-10-8-16(3)9-11-17/h8-11,18H,4-7,12-15H2,1-3H3/t18-,24-,25+/m0/s1. The van der Waals surface area contributed by atoms with Crippen LogP contribution >= 0.6 is 0 Å². The fourth-order valence-electron chi connectivity index (χ4n) is 2.19. The molecule has 0 amide bonds. The minimum Gasteiger partial charge on any atom is -0.461 e. The summed E-state index contributed by atoms with van der Waals surface area (Å²) in [5, 5.41) is -0.362. The first-order valence-corrected chi connectivity index (χ1v) is 11.8. The van der Waals surface area contributed by atoms with Gasteiger partial charge in [-0.05, 0) is 31.9 Å². The summed E-state index contributed by atoms with van der Waals surface area (Å²) in [5.41, 5.74) is 1.55. The molecule has 0 N–H and O–H groups in total. The van der Waals surface area contributed by atoms with E-state index < -0.39 is 27.6 Å². The van der Waals surface area contributed by atoms with Gasteiger partial charge in [-0.25, -0.2) is 4.79 Å². The summed E-state index contributed by atoms with van der Waals surface area (Å²) in [7, 11) is -2.15. The lowest BCUT2D eigenvalue weighted by atomic mass is 10.1. The van der Waals surface area contributed by atoms with Crippen molar-refractivity contribution in [3.8, 4) is 0 Å². The van der Waals surface area contributed by atoms with Crippen LogP contribution in [-0.2, 0) is 26.3 Å². The van der Waals surface area contributed by atoms with E-state index in [1.54, 1.807) is 12.1 Å². The summed E-state index contributed by atoms with van der Waals surface area (Å²) < 4.78 is 30.0. The minimum absolute atomic E-state index is 0.0564. The fourth-order valence-corrected chi connectivity index (χ4v) is 5.67. The molecule has 0 aliphatic rings. The Balaban J connectivity index is 2.64. The molecule has 0 fully saturated rings. The third-order valence-corrected chi connectivity index (χ3v) is 7.32. The van der Waals surface area contributed by atoms with Crippen molar-refractivity contribution in [2.45, 2.75) is 51.7 Å². The first-order chi connectivity index (χ1) is 12.0. The molecule has 1 aromatic carbocycles. The van der Waals surface area contributed by atoms with E-state index in [1.807, 2.05) is 26.0 Å². The molecule has 4 nitrogen and oxygen atoms in total. The first kappa shape index (κ1) is 22.0. The van der Waals surface area contributed by atoms with Crippen LogP contribution in [0.2, 0.25) is 0 Å². The number of rotatable bonds is 12. The van der Waals surface area contributed by atoms with Crippen LogP contribution in [0.1, 0.15) is 55.5 Å². The van der Waals surface area contributed by atoms with Gasteiger partial charge in [-0.1, -0.05) is 44.4 Å². The zero-order valence-corrected chi connectivity index (χ0v) is 17.1. The van der Waals surface area contributed by atoms with Gasteiger partial charge in [0.05, 0.1) is 10.8 Å². The van der Waals surface area contributed by atoms with Gasteiger partial charge in [-0.3, -0.25) is 8.42 Å². The van der Waals surface area contributed by atoms with Crippen LogP contribution in [0, 0.1) is 6.92 Å². The van der Waals surface area contributed by atoms with Crippen LogP contribution in [-0.4, -0.2) is 43.5 Å². The SMILES string of the molecule is CCCC[S@](=O)C[C@H](COC(=O)c1ccc(C)cc1)[S@](=O)CCCC. The maximum absolute atomic E-state index is 12.5. The van der Waals surface area contributed by atoms with E-state index in [4.69, 9.17) is 4.74 Å². The second-order valence-electron chi connectivity index (χ2n) is 6.19. The van der Waals surface area contributed by atoms with Gasteiger partial charge in [0.2, 0.25) is 0 Å². The molecular formula is C19H30O4S2. The topological polar surface area (TPSA) is 60.4 Å². The molecule has 6 heteroatoms. The van der Waals surface area contributed by atoms with E-state index >= 15 is 0 Å². The van der Waals surface area contributed by atoms with E-state index in [1.165, 1.54) is 0 Å². The van der Waals surface area contributed by atoms with Gasteiger partial charge in [-0.2, -0.15) is 0 Å². The Morgan fingerprint density at radius 2 is 1.64 bits per heavy atom. The molecular weight excluding hydrogens is 356 g/mol. The van der Waals surface area contributed by atoms with Crippen molar-refractivity contribution in [3.05, 3.63) is 35.4 Å². The maximum Gasteiger partial charge on any atom is 0.338 e. The number of benzene rings is 1. The van der Waals surface area contributed by atoms with Crippen LogP contribution in [0.5, 0.6) is 0 Å². The molecule has 1 aromatic rings. The first-order valence-electron chi connectivity index (χ1n) is 8.93. The van der Waals surface area contributed by atoms with Crippen molar-refractivity contribution < 1.29 is 17.9 Å². The number of ether oxygens (including phenoxy) is 1. The predicted octanol–water partition coefficient (Wildman–Crippen LogP) is 3.62. The number of carbonyl (C=O) groups is 1. The van der Waals surface area contributed by atoms with Crippen molar-refractivity contribution in [1.29, 1.82) is 0 Å². The number of hydrogen-bond acceptors (Lipinski definition) is 4. The number of carbonyl (C=O) groups excluding carboxylic acids is 1. The molecule has 0 spiro atoms. The van der Waals surface area contributed by atoms with Gasteiger partial charge in [0.25, 0.3) is 0 Å². The summed E-state index contributed by atoms with van der Waals surface area (Å²) in [6.45, 7) is 6.11. The summed E-state index contributed by atoms with van der Waals surface area (Å²) in [6.07, 6.45) is 3.69. The monoisotopic (exact) mass is 386 g/mol. The third-order valence-electron chi connectivity index (χ3n) is 3.86. The Kier molecular flexibility index (Phi) is 10.9. The molecule has 0 unspecified atom stereocenters. The molecule has 0 saturated carbocycles. The van der Waals surface area contributed by atoms with Gasteiger partial charge in [0.1, 0.15) is 6.61 Å². The van der Waals surface area contributed by atoms with Gasteiger partial charge < -0.3 is 4.74 Å². The number of aryl methyl sites for hydroxylation is 1. The zero-order chi connectivity index (χ0) is 18.7. The quantitative estimate of drug-likeness (QED) is 0.515. The van der Waals surface area contributed by atoms with Crippen molar-refractivity contribution >= 4 is 27.6 Å². The molecule has 0 saturated heterocycles. The normalized spacial score (nSPS) is 14.7. The van der Waals surface area contributed by atoms with Crippen LogP contribution in [0.15, 0.2) is 24.3 Å². The minimum atomic E-state index is -1.13. The molecule has 0 aliphatic carbocycles. The van der Waals surface area contributed by atoms with Gasteiger partial charge in [0.15, 0.2) is 0 Å². The van der Waals surface area contributed by atoms with E-state index in [-0.39, 0.29) is 11.9 Å². The molecule has 1 rings (SSSR count). The molecule has 142 valence electrons. The lowest BCUT2D eigenvalue weighted by Crippen LogP contribution is -2.31. The smallest absolute Gasteiger partial charge is 0.338 e. The number of hydrogen-bond donors (Lipinski definition) is 0. The number of esters is 1. The second kappa shape index (κ2) is 12.4. The Morgan fingerprint density at radius 1 is 1.04 bits per heavy atom. The molecule has 0 heterocycles. The Hall–Kier alpha value is -1.01. The van der Waals surface area contributed by atoms with Crippen LogP contribution < -0.4 is 0 Å². The summed E-state index contributed by atoms with van der Waals surface area (Å²) in [4.78, 5) is 12.2. The van der Waals surface area contributed by atoms with Crippen molar-refractivity contribution in [2.75, 3.05) is 23.9 Å². The Labute approximate surface area is 156 Å². The van der Waals surface area contributed by atoms with Gasteiger partial charge >= 0.3 is 5.97 Å². The largest absolute Gasteiger partial charge is 0.461 e. The average Bonchev–Trinajstić information content (AvgIpc) is 2.61. The van der Waals surface area contributed by atoms with Crippen LogP contribution in [0.3, 0.4) is 0 Å². The van der Waals surface area contributed by atoms with E-state index in [9.17, 15) is 13.2 Å². The van der Waals surface area contributed by atoms with Gasteiger partial charge in [0, 0.05) is 38.9 Å². The lowest BCUT2D eigenvalue weighted by molar-refractivity contribution is 0.0510. The number of unbranched alkanes of at least 4 members (excludes halogenated alkanes) is 2. The van der Waals surface area contributed by atoms with Crippen molar-refractivity contribution in [3.63, 3.8) is 0 Å². The lowest BCUT2D eigenvalue weighted by Gasteiger charge is -2.16. The molecule has 25 heavy (non-hydrogen) atoms. The highest BCUT2D eigenvalue weighted by atomic mass is 32.2. The fraction of sp³-hybridized carbons (Fsp3) is 0.632. The highest BCUT2D eigenvalue weighted by Gasteiger charge is 2.22. The van der Waals surface area contributed by atoms with Crippen molar-refractivity contribution in [2.24, 2.45) is 0 Å². The Morgan fingerprint density at radius 3 is 2.24 bits per heavy atom. The Bertz CT molecular complexity index is 569. The molecule has 0 aromatic heterocycles. The van der Waals surface area contributed by atoms with E-state index in [0.29, 0.717) is 22.8 Å². The summed E-state index contributed by atoms with van der Waals surface area (Å²) in [6, 6.07) is 7.15. The van der Waals surface area contributed by atoms with Gasteiger partial charge in [-0.15, -0.1) is 0 Å². The zero-order valence-electron chi connectivity index (χ0n) is 15.5. The summed E-state index contributed by atoms with van der Waals surface area (Å²) >= 11 is 0. The van der Waals surface area contributed by atoms with E-state index in [2.05, 4.69) is 6.92 Å². The van der Waals surface area contributed by atoms with Crippen molar-refractivity contribution in [1.82, 2.24) is 0 Å². The predicted molar refractivity (Wildman–Crippen MR) is 106 cm³/mol. The second-order valence-corrected chi connectivity index (χ2v) is 9.65. The van der Waals surface area contributed by atoms with E-state index in [0.717, 1.165) is 31.2 Å². The highest BCUT2D eigenvalue weighted by Crippen LogP contribution is 2.09. The molecule has 0 bridgehead atoms. The highest BCUT2D eigenvalue weighted by molar-refractivity contribution is 7.89. The molecule has 3 atom stereocenters. The average molecular weight is 387 g/mol. The summed E-state index contributed by atoms with van der Waals surface area (Å²) in [5.74, 6) is 1.09. The maximum atomic E-state index is 12.5. The molecule has 0 aliphatic heterocycles. The third kappa shape index (κ3) is 8.77.